The highest BCUT2D eigenvalue weighted by Gasteiger charge is 2.26. The lowest BCUT2D eigenvalue weighted by molar-refractivity contribution is 0.0526. The van der Waals surface area contributed by atoms with Crippen molar-refractivity contribution in [2.75, 3.05) is 6.61 Å². The molecule has 0 aliphatic heterocycles. The van der Waals surface area contributed by atoms with Crippen LogP contribution >= 0.6 is 22.9 Å². The van der Waals surface area contributed by atoms with Gasteiger partial charge in [0.15, 0.2) is 0 Å². The van der Waals surface area contributed by atoms with Crippen molar-refractivity contribution in [1.82, 2.24) is 9.55 Å². The molecular formula is C22H20ClN3O5S. The van der Waals surface area contributed by atoms with Crippen molar-refractivity contribution in [3.8, 4) is 11.6 Å². The molecule has 3 aromatic rings. The molecule has 0 spiro atoms. The van der Waals surface area contributed by atoms with Crippen LogP contribution in [0, 0.1) is 0 Å². The molecular weight excluding hydrogens is 454 g/mol. The average molecular weight is 474 g/mol. The van der Waals surface area contributed by atoms with Crippen molar-refractivity contribution in [3.05, 3.63) is 71.7 Å². The molecule has 8 nitrogen and oxygen atoms in total. The van der Waals surface area contributed by atoms with Crippen LogP contribution in [0.25, 0.3) is 5.69 Å². The summed E-state index contributed by atoms with van der Waals surface area (Å²) in [6, 6.07) is 6.29. The van der Waals surface area contributed by atoms with Crippen molar-refractivity contribution in [3.63, 3.8) is 0 Å². The average Bonchev–Trinajstić information content (AvgIpc) is 3.12. The van der Waals surface area contributed by atoms with Gasteiger partial charge in [0.05, 0.1) is 17.9 Å². The van der Waals surface area contributed by atoms with Crippen LogP contribution in [0.5, 0.6) is 5.88 Å². The Labute approximate surface area is 191 Å². The topological polar surface area (TPSA) is 114 Å². The Morgan fingerprint density at radius 3 is 2.88 bits per heavy atom. The molecule has 1 aromatic carbocycles. The van der Waals surface area contributed by atoms with E-state index in [1.54, 1.807) is 25.1 Å². The molecule has 32 heavy (non-hydrogen) atoms. The second-order valence-corrected chi connectivity index (χ2v) is 8.70. The molecule has 0 bridgehead atoms. The van der Waals surface area contributed by atoms with Crippen LogP contribution < -0.4 is 11.2 Å². The number of hydrogen-bond acceptors (Lipinski definition) is 7. The Morgan fingerprint density at radius 1 is 1.34 bits per heavy atom. The minimum Gasteiger partial charge on any atom is -0.493 e. The second kappa shape index (κ2) is 9.13. The number of ether oxygens (including phenoxy) is 1. The molecule has 10 heteroatoms. The van der Waals surface area contributed by atoms with Gasteiger partial charge in [-0.05, 0) is 56.4 Å². The van der Waals surface area contributed by atoms with Gasteiger partial charge in [-0.3, -0.25) is 9.78 Å². The third-order valence-electron chi connectivity index (χ3n) is 5.13. The smallest absolute Gasteiger partial charge is 0.341 e. The molecule has 0 saturated heterocycles. The summed E-state index contributed by atoms with van der Waals surface area (Å²) in [7, 11) is 0. The van der Waals surface area contributed by atoms with Crippen molar-refractivity contribution in [2.24, 2.45) is 4.99 Å². The number of carbonyl (C=O) groups excluding carboxylic acids is 1. The molecule has 0 radical (unpaired) electrons. The van der Waals surface area contributed by atoms with Gasteiger partial charge in [0.2, 0.25) is 5.88 Å². The molecule has 1 aliphatic carbocycles. The van der Waals surface area contributed by atoms with Gasteiger partial charge in [0.25, 0.3) is 5.56 Å². The summed E-state index contributed by atoms with van der Waals surface area (Å²) >= 11 is 7.37. The van der Waals surface area contributed by atoms with Crippen molar-refractivity contribution >= 4 is 40.1 Å². The lowest BCUT2D eigenvalue weighted by atomic mass is 9.95. The number of aryl methyl sites for hydroxylation is 1. The molecule has 0 unspecified atom stereocenters. The monoisotopic (exact) mass is 473 g/mol. The van der Waals surface area contributed by atoms with E-state index < -0.39 is 23.1 Å². The fourth-order valence-electron chi connectivity index (χ4n) is 3.69. The number of nitrogens with zero attached hydrogens (tertiary/aromatic N) is 2. The molecule has 1 aliphatic rings. The number of rotatable bonds is 5. The normalized spacial score (nSPS) is 13.3. The molecule has 2 N–H and O–H groups in total. The number of hydrogen-bond donors (Lipinski definition) is 2. The van der Waals surface area contributed by atoms with Gasteiger partial charge < -0.3 is 9.84 Å². The highest BCUT2D eigenvalue weighted by atomic mass is 35.5. The van der Waals surface area contributed by atoms with Crippen LogP contribution in [0.1, 0.15) is 46.1 Å². The van der Waals surface area contributed by atoms with E-state index >= 15 is 0 Å². The number of esters is 1. The standard InChI is InChI=1S/C22H20ClN3O5S/c1-2-31-21(29)17-14-8-3-4-9-16(14)32-19(17)24-11-15-18(27)25-22(30)26(20(15)28)13-7-5-6-12(23)10-13/h5-7,10-11,28H,2-4,8-9H2,1H3,(H,25,27,30)/b24-11+. The number of thiophene rings is 1. The van der Waals surface area contributed by atoms with Gasteiger partial charge >= 0.3 is 11.7 Å². The van der Waals surface area contributed by atoms with E-state index in [4.69, 9.17) is 16.3 Å². The minimum absolute atomic E-state index is 0.217. The summed E-state index contributed by atoms with van der Waals surface area (Å²) < 4.78 is 6.15. The van der Waals surface area contributed by atoms with E-state index in [2.05, 4.69) is 9.98 Å². The number of H-pyrrole nitrogens is 1. The minimum atomic E-state index is -0.814. The van der Waals surface area contributed by atoms with Crippen molar-refractivity contribution < 1.29 is 14.6 Å². The van der Waals surface area contributed by atoms with Crippen LogP contribution in [-0.4, -0.2) is 33.4 Å². The highest BCUT2D eigenvalue weighted by molar-refractivity contribution is 7.16. The Morgan fingerprint density at radius 2 is 2.12 bits per heavy atom. The number of nitrogens with one attached hydrogen (secondary N) is 1. The summed E-state index contributed by atoms with van der Waals surface area (Å²) in [5.41, 5.74) is -0.203. The first-order valence-electron chi connectivity index (χ1n) is 10.1. The lowest BCUT2D eigenvalue weighted by Gasteiger charge is -2.11. The van der Waals surface area contributed by atoms with Crippen LogP contribution in [0.3, 0.4) is 0 Å². The quantitative estimate of drug-likeness (QED) is 0.432. The predicted molar refractivity (Wildman–Crippen MR) is 124 cm³/mol. The fraction of sp³-hybridized carbons (Fsp3) is 0.273. The van der Waals surface area contributed by atoms with E-state index in [1.807, 2.05) is 0 Å². The van der Waals surface area contributed by atoms with Gasteiger partial charge in [0.1, 0.15) is 10.6 Å². The molecule has 0 saturated carbocycles. The number of benzene rings is 1. The highest BCUT2D eigenvalue weighted by Crippen LogP contribution is 2.40. The number of fused-ring (bicyclic) bond motifs is 1. The molecule has 2 heterocycles. The van der Waals surface area contributed by atoms with Crippen LogP contribution in [-0.2, 0) is 17.6 Å². The van der Waals surface area contributed by atoms with E-state index in [9.17, 15) is 19.5 Å². The van der Waals surface area contributed by atoms with Gasteiger partial charge in [0, 0.05) is 16.1 Å². The Kier molecular flexibility index (Phi) is 6.29. The van der Waals surface area contributed by atoms with Gasteiger partial charge in [-0.15, -0.1) is 11.3 Å². The van der Waals surface area contributed by atoms with E-state index in [0.717, 1.165) is 46.9 Å². The number of halogens is 1. The molecule has 2 aromatic heterocycles. The summed E-state index contributed by atoms with van der Waals surface area (Å²) in [5.74, 6) is -1.04. The first-order valence-corrected chi connectivity index (χ1v) is 11.3. The Bertz CT molecular complexity index is 1340. The zero-order valence-corrected chi connectivity index (χ0v) is 18.8. The SMILES string of the molecule is CCOC(=O)c1c(/N=C/c2c(O)n(-c3cccc(Cl)c3)c(=O)[nH]c2=O)sc2c1CCCC2. The van der Waals surface area contributed by atoms with Crippen LogP contribution in [0.2, 0.25) is 5.02 Å². The fourth-order valence-corrected chi connectivity index (χ4v) is 5.09. The van der Waals surface area contributed by atoms with Crippen LogP contribution in [0.4, 0.5) is 5.00 Å². The first-order chi connectivity index (χ1) is 15.4. The molecule has 166 valence electrons. The number of aliphatic imine (C=N–C) groups is 1. The van der Waals surface area contributed by atoms with Crippen molar-refractivity contribution in [2.45, 2.75) is 32.6 Å². The molecule has 0 fully saturated rings. The van der Waals surface area contributed by atoms with E-state index in [1.165, 1.54) is 17.4 Å². The maximum Gasteiger partial charge on any atom is 0.341 e. The number of aromatic amines is 1. The molecule has 4 rings (SSSR count). The second-order valence-electron chi connectivity index (χ2n) is 7.18. The largest absolute Gasteiger partial charge is 0.493 e. The third kappa shape index (κ3) is 4.13. The summed E-state index contributed by atoms with van der Waals surface area (Å²) in [5, 5.41) is 11.5. The van der Waals surface area contributed by atoms with Gasteiger partial charge in [-0.1, -0.05) is 17.7 Å². The zero-order valence-electron chi connectivity index (χ0n) is 17.2. The maximum atomic E-state index is 12.6. The lowest BCUT2D eigenvalue weighted by Crippen LogP contribution is -2.31. The van der Waals surface area contributed by atoms with E-state index in [0.29, 0.717) is 15.6 Å². The Hall–Kier alpha value is -3.17. The maximum absolute atomic E-state index is 12.6. The summed E-state index contributed by atoms with van der Waals surface area (Å²) in [6.07, 6.45) is 4.79. The first kappa shape index (κ1) is 22.0. The van der Waals surface area contributed by atoms with Gasteiger partial charge in [-0.25, -0.2) is 19.1 Å². The summed E-state index contributed by atoms with van der Waals surface area (Å²) in [4.78, 5) is 45.0. The third-order valence-corrected chi connectivity index (χ3v) is 6.57. The van der Waals surface area contributed by atoms with Crippen molar-refractivity contribution in [1.29, 1.82) is 0 Å². The number of aromatic hydroxyl groups is 1. The zero-order chi connectivity index (χ0) is 22.8. The Balaban J connectivity index is 1.82. The predicted octanol–water partition coefficient (Wildman–Crippen LogP) is 3.75. The number of aromatic nitrogens is 2. The van der Waals surface area contributed by atoms with Crippen LogP contribution in [0.15, 0.2) is 38.8 Å². The molecule has 0 atom stereocenters. The van der Waals surface area contributed by atoms with Gasteiger partial charge in [-0.2, -0.15) is 0 Å². The number of carbonyl (C=O) groups is 1. The molecule has 0 amide bonds. The van der Waals surface area contributed by atoms with E-state index in [-0.39, 0.29) is 17.9 Å². The summed E-state index contributed by atoms with van der Waals surface area (Å²) in [6.45, 7) is 1.97.